The first kappa shape index (κ1) is 31.3. The van der Waals surface area contributed by atoms with Crippen molar-refractivity contribution in [2.45, 2.75) is 43.6 Å². The second-order valence-corrected chi connectivity index (χ2v) is 7.81. The molecule has 2 aromatic heterocycles. The second-order valence-electron chi connectivity index (χ2n) is 7.81. The summed E-state index contributed by atoms with van der Waals surface area (Å²) in [6, 6.07) is 5.93. The number of nitrogens with zero attached hydrogens (tertiary/aromatic N) is 3. The number of carboxylic acid groups (broad SMARTS) is 2. The Morgan fingerprint density at radius 2 is 1.54 bits per heavy atom. The largest absolute Gasteiger partial charge is 0.490 e. The third-order valence-electron chi connectivity index (χ3n) is 4.94. The van der Waals surface area contributed by atoms with E-state index in [-0.39, 0.29) is 11.4 Å². The van der Waals surface area contributed by atoms with Crippen LogP contribution in [0, 0.1) is 0 Å². The predicted octanol–water partition coefficient (Wildman–Crippen LogP) is 2.11. The second kappa shape index (κ2) is 13.6. The number of aromatic nitrogens is 3. The summed E-state index contributed by atoms with van der Waals surface area (Å²) < 4.78 is 65.4. The number of piperidine rings is 1. The Bertz CT molecular complexity index is 997. The van der Waals surface area contributed by atoms with Crippen LogP contribution in [0.1, 0.15) is 24.4 Å². The van der Waals surface area contributed by atoms with Crippen molar-refractivity contribution < 1.29 is 50.9 Å². The molecule has 0 radical (unpaired) electrons. The average Bonchev–Trinajstić information content (AvgIpc) is 3.18. The van der Waals surface area contributed by atoms with E-state index in [0.717, 1.165) is 43.9 Å². The van der Waals surface area contributed by atoms with Crippen LogP contribution in [0.4, 0.5) is 26.3 Å². The van der Waals surface area contributed by atoms with E-state index >= 15 is 0 Å². The van der Waals surface area contributed by atoms with E-state index in [9.17, 15) is 31.1 Å². The molecule has 37 heavy (non-hydrogen) atoms. The normalized spacial score (nSPS) is 14.8. The quantitative estimate of drug-likeness (QED) is 0.421. The molecular formula is C21H25F6N5O5. The minimum absolute atomic E-state index is 0.0251. The lowest BCUT2D eigenvalue weighted by molar-refractivity contribution is -0.193. The van der Waals surface area contributed by atoms with Crippen LogP contribution in [-0.2, 0) is 34.3 Å². The number of carboxylic acids is 2. The van der Waals surface area contributed by atoms with Crippen LogP contribution < -0.4 is 10.6 Å². The summed E-state index contributed by atoms with van der Waals surface area (Å²) >= 11 is 0. The van der Waals surface area contributed by atoms with Gasteiger partial charge in [-0.3, -0.25) is 9.78 Å². The molecule has 206 valence electrons. The molecule has 4 N–H and O–H groups in total. The molecule has 0 aromatic carbocycles. The van der Waals surface area contributed by atoms with Gasteiger partial charge in [-0.1, -0.05) is 6.07 Å². The number of rotatable bonds is 5. The molecule has 0 atom stereocenters. The molecule has 0 spiro atoms. The number of hydrogen-bond acceptors (Lipinski definition) is 6. The fourth-order valence-electron chi connectivity index (χ4n) is 3.15. The van der Waals surface area contributed by atoms with Gasteiger partial charge in [0.2, 0.25) is 5.91 Å². The number of imidazole rings is 1. The topological polar surface area (TPSA) is 146 Å². The standard InChI is InChI=1S/C17H23N5O.2C2HF3O2/c1-22-11-10-20-15(22)12-16(23)21-17(5-8-18-9-6-17)13-14-4-2-3-7-19-14;2*3-2(4,5)1(6)7/h2-4,7,10-11,18H,5-6,8-9,12-13H2,1H3,(H,21,23);2*(H,6,7). The van der Waals surface area contributed by atoms with Crippen molar-refractivity contribution in [1.29, 1.82) is 0 Å². The van der Waals surface area contributed by atoms with Crippen LogP contribution in [0.5, 0.6) is 0 Å². The highest BCUT2D eigenvalue weighted by molar-refractivity contribution is 5.78. The SMILES string of the molecule is Cn1ccnc1CC(=O)NC1(Cc2ccccn2)CCNCC1.O=C(O)C(F)(F)F.O=C(O)C(F)(F)F. The van der Waals surface area contributed by atoms with Gasteiger partial charge in [0, 0.05) is 43.3 Å². The molecule has 1 aliphatic heterocycles. The first-order valence-electron chi connectivity index (χ1n) is 10.5. The van der Waals surface area contributed by atoms with Gasteiger partial charge in [0.15, 0.2) is 0 Å². The molecule has 2 aromatic rings. The smallest absolute Gasteiger partial charge is 0.475 e. The van der Waals surface area contributed by atoms with Gasteiger partial charge >= 0.3 is 24.3 Å². The highest BCUT2D eigenvalue weighted by Crippen LogP contribution is 2.23. The number of nitrogens with one attached hydrogen (secondary N) is 2. The van der Waals surface area contributed by atoms with Gasteiger partial charge in [-0.05, 0) is 38.1 Å². The maximum atomic E-state index is 12.5. The van der Waals surface area contributed by atoms with E-state index in [1.165, 1.54) is 0 Å². The molecule has 1 fully saturated rings. The van der Waals surface area contributed by atoms with E-state index in [2.05, 4.69) is 20.6 Å². The fraction of sp³-hybridized carbons (Fsp3) is 0.476. The van der Waals surface area contributed by atoms with Gasteiger partial charge in [0.25, 0.3) is 0 Å². The molecular weight excluding hydrogens is 516 g/mol. The number of amides is 1. The van der Waals surface area contributed by atoms with Gasteiger partial charge in [0.1, 0.15) is 5.82 Å². The zero-order chi connectivity index (χ0) is 28.3. The van der Waals surface area contributed by atoms with Gasteiger partial charge in [0.05, 0.1) is 6.42 Å². The van der Waals surface area contributed by atoms with Gasteiger partial charge < -0.3 is 25.4 Å². The molecule has 1 aliphatic rings. The Morgan fingerprint density at radius 1 is 1.00 bits per heavy atom. The van der Waals surface area contributed by atoms with E-state index in [0.29, 0.717) is 6.42 Å². The molecule has 0 bridgehead atoms. The average molecular weight is 541 g/mol. The molecule has 1 amide bonds. The summed E-state index contributed by atoms with van der Waals surface area (Å²) in [5, 5.41) is 20.9. The number of carbonyl (C=O) groups is 3. The predicted molar refractivity (Wildman–Crippen MR) is 115 cm³/mol. The summed E-state index contributed by atoms with van der Waals surface area (Å²) in [4.78, 5) is 39.0. The number of pyridine rings is 1. The maximum Gasteiger partial charge on any atom is 0.490 e. The zero-order valence-corrected chi connectivity index (χ0v) is 19.4. The number of halogens is 6. The Balaban J connectivity index is 0.000000404. The van der Waals surface area contributed by atoms with Gasteiger partial charge in [-0.2, -0.15) is 26.3 Å². The highest BCUT2D eigenvalue weighted by atomic mass is 19.4. The lowest BCUT2D eigenvalue weighted by Crippen LogP contribution is -2.56. The van der Waals surface area contributed by atoms with E-state index in [4.69, 9.17) is 19.8 Å². The van der Waals surface area contributed by atoms with Crippen molar-refractivity contribution in [3.63, 3.8) is 0 Å². The van der Waals surface area contributed by atoms with Crippen LogP contribution in [0.25, 0.3) is 0 Å². The van der Waals surface area contributed by atoms with Crippen molar-refractivity contribution in [3.05, 3.63) is 48.3 Å². The van der Waals surface area contributed by atoms with Crippen LogP contribution in [0.2, 0.25) is 0 Å². The highest BCUT2D eigenvalue weighted by Gasteiger charge is 2.39. The lowest BCUT2D eigenvalue weighted by Gasteiger charge is -2.38. The summed E-state index contributed by atoms with van der Waals surface area (Å²) in [6.07, 6.45) is -1.89. The van der Waals surface area contributed by atoms with Crippen molar-refractivity contribution in [2.24, 2.45) is 7.05 Å². The zero-order valence-electron chi connectivity index (χ0n) is 19.4. The van der Waals surface area contributed by atoms with E-state index < -0.39 is 24.3 Å². The summed E-state index contributed by atoms with van der Waals surface area (Å²) in [5.74, 6) is -4.71. The monoisotopic (exact) mass is 541 g/mol. The third kappa shape index (κ3) is 11.7. The molecule has 0 unspecified atom stereocenters. The Morgan fingerprint density at radius 3 is 1.95 bits per heavy atom. The van der Waals surface area contributed by atoms with Gasteiger partial charge in [-0.25, -0.2) is 14.6 Å². The van der Waals surface area contributed by atoms with Crippen molar-refractivity contribution in [3.8, 4) is 0 Å². The van der Waals surface area contributed by atoms with Crippen molar-refractivity contribution in [2.75, 3.05) is 13.1 Å². The van der Waals surface area contributed by atoms with Gasteiger partial charge in [-0.15, -0.1) is 0 Å². The summed E-state index contributed by atoms with van der Waals surface area (Å²) in [6.45, 7) is 1.82. The molecule has 1 saturated heterocycles. The number of hydrogen-bond donors (Lipinski definition) is 4. The molecule has 0 aliphatic carbocycles. The molecule has 10 nitrogen and oxygen atoms in total. The van der Waals surface area contributed by atoms with Crippen molar-refractivity contribution >= 4 is 17.8 Å². The summed E-state index contributed by atoms with van der Waals surface area (Å²) in [5.41, 5.74) is 0.800. The number of aryl methyl sites for hydroxylation is 1. The number of alkyl halides is 6. The minimum atomic E-state index is -5.08. The molecule has 0 saturated carbocycles. The van der Waals surface area contributed by atoms with Crippen LogP contribution in [0.3, 0.4) is 0 Å². The van der Waals surface area contributed by atoms with Crippen LogP contribution in [0.15, 0.2) is 36.8 Å². The minimum Gasteiger partial charge on any atom is -0.475 e. The van der Waals surface area contributed by atoms with Crippen molar-refractivity contribution in [1.82, 2.24) is 25.2 Å². The van der Waals surface area contributed by atoms with Crippen LogP contribution >= 0.6 is 0 Å². The van der Waals surface area contributed by atoms with E-state index in [1.807, 2.05) is 36.0 Å². The molecule has 3 rings (SSSR count). The summed E-state index contributed by atoms with van der Waals surface area (Å²) in [7, 11) is 1.91. The molecule has 16 heteroatoms. The fourth-order valence-corrected chi connectivity index (χ4v) is 3.15. The maximum absolute atomic E-state index is 12.5. The van der Waals surface area contributed by atoms with E-state index in [1.54, 1.807) is 12.4 Å². The third-order valence-corrected chi connectivity index (χ3v) is 4.94. The Hall–Kier alpha value is -3.69. The Kier molecular flexibility index (Phi) is 11.5. The molecule has 3 heterocycles. The lowest BCUT2D eigenvalue weighted by atomic mass is 9.83. The van der Waals surface area contributed by atoms with Crippen LogP contribution in [-0.4, -0.2) is 73.6 Å². The number of carbonyl (C=O) groups excluding carboxylic acids is 1. The first-order chi connectivity index (χ1) is 17.1. The Labute approximate surface area is 206 Å². The number of aliphatic carboxylic acids is 2. The first-order valence-corrected chi connectivity index (χ1v) is 10.5.